The molecule has 31 heavy (non-hydrogen) atoms. The van der Waals surface area contributed by atoms with Crippen LogP contribution >= 0.6 is 0 Å². The Morgan fingerprint density at radius 2 is 1.55 bits per heavy atom. The van der Waals surface area contributed by atoms with Crippen molar-refractivity contribution >= 4 is 29.3 Å². The first-order valence-corrected chi connectivity index (χ1v) is 9.27. The third-order valence-corrected chi connectivity index (χ3v) is 3.70. The van der Waals surface area contributed by atoms with Gasteiger partial charge in [0.2, 0.25) is 5.91 Å². The van der Waals surface area contributed by atoms with Gasteiger partial charge in [-0.15, -0.1) is 0 Å². The van der Waals surface area contributed by atoms with Crippen LogP contribution in [0.5, 0.6) is 0 Å². The van der Waals surface area contributed by atoms with E-state index in [1.165, 1.54) is 6.07 Å². The summed E-state index contributed by atoms with van der Waals surface area (Å²) in [5.74, 6) is -3.91. The van der Waals surface area contributed by atoms with Crippen molar-refractivity contribution in [3.63, 3.8) is 0 Å². The number of nitrogens with one attached hydrogen (secondary N) is 3. The average Bonchev–Trinajstić information content (AvgIpc) is 2.62. The summed E-state index contributed by atoms with van der Waals surface area (Å²) in [5.41, 5.74) is -1.01. The van der Waals surface area contributed by atoms with Crippen molar-refractivity contribution in [2.24, 2.45) is 0 Å². The molecule has 0 spiro atoms. The van der Waals surface area contributed by atoms with Gasteiger partial charge >= 0.3 is 6.09 Å². The highest BCUT2D eigenvalue weighted by Gasteiger charge is 2.18. The normalized spacial score (nSPS) is 10.9. The Bertz CT molecular complexity index is 990. The zero-order valence-corrected chi connectivity index (χ0v) is 17.1. The number of halogens is 3. The maximum Gasteiger partial charge on any atom is 0.412 e. The third-order valence-electron chi connectivity index (χ3n) is 3.70. The summed E-state index contributed by atoms with van der Waals surface area (Å²) in [4.78, 5) is 36.0. The molecule has 0 bridgehead atoms. The Morgan fingerprint density at radius 1 is 0.903 bits per heavy atom. The van der Waals surface area contributed by atoms with E-state index in [-0.39, 0.29) is 29.9 Å². The van der Waals surface area contributed by atoms with E-state index < -0.39 is 41.0 Å². The predicted molar refractivity (Wildman–Crippen MR) is 108 cm³/mol. The Hall–Kier alpha value is -3.56. The quantitative estimate of drug-likeness (QED) is 0.631. The smallest absolute Gasteiger partial charge is 0.412 e. The molecule has 10 heteroatoms. The maximum atomic E-state index is 13.6. The molecule has 0 unspecified atom stereocenters. The molecule has 0 saturated carbocycles. The highest BCUT2D eigenvalue weighted by molar-refractivity contribution is 5.98. The lowest BCUT2D eigenvalue weighted by atomic mass is 10.2. The Labute approximate surface area is 177 Å². The van der Waals surface area contributed by atoms with Gasteiger partial charge in [0.15, 0.2) is 0 Å². The van der Waals surface area contributed by atoms with Gasteiger partial charge in [-0.05, 0) is 51.1 Å². The molecule has 2 aromatic carbocycles. The van der Waals surface area contributed by atoms with Gasteiger partial charge in [-0.3, -0.25) is 14.9 Å². The summed E-state index contributed by atoms with van der Waals surface area (Å²) in [6, 6.07) is 5.87. The first kappa shape index (κ1) is 23.7. The van der Waals surface area contributed by atoms with Crippen molar-refractivity contribution in [3.8, 4) is 0 Å². The molecule has 0 heterocycles. The second-order valence-corrected chi connectivity index (χ2v) is 7.50. The number of amides is 3. The minimum atomic E-state index is -1.03. The molecule has 0 aliphatic heterocycles. The Morgan fingerprint density at radius 3 is 2.19 bits per heavy atom. The Balaban J connectivity index is 1.95. The highest BCUT2D eigenvalue weighted by Crippen LogP contribution is 2.24. The van der Waals surface area contributed by atoms with E-state index >= 15 is 0 Å². The van der Waals surface area contributed by atoms with E-state index in [4.69, 9.17) is 4.74 Å². The molecule has 0 aromatic heterocycles. The number of carbonyl (C=O) groups excluding carboxylic acids is 3. The van der Waals surface area contributed by atoms with Crippen molar-refractivity contribution < 1.29 is 32.3 Å². The monoisotopic (exact) mass is 437 g/mol. The number of anilines is 2. The minimum absolute atomic E-state index is 0.00763. The molecule has 166 valence electrons. The third kappa shape index (κ3) is 7.65. The lowest BCUT2D eigenvalue weighted by molar-refractivity contribution is -0.116. The standard InChI is InChI=1S/C21H22F3N3O4/c1-21(2,3)31-20(30)27-16-7-5-13(23)11-17(16)26-18(28)8-9-25-19(29)14-6-4-12(22)10-15(14)24/h4-7,10-11H,8-9H2,1-3H3,(H,25,29)(H,26,28)(H,27,30). The minimum Gasteiger partial charge on any atom is -0.444 e. The van der Waals surface area contributed by atoms with Crippen molar-refractivity contribution in [3.05, 3.63) is 59.4 Å². The van der Waals surface area contributed by atoms with E-state index in [2.05, 4.69) is 16.0 Å². The van der Waals surface area contributed by atoms with Crippen molar-refractivity contribution in [1.29, 1.82) is 0 Å². The predicted octanol–water partition coefficient (Wildman–Crippen LogP) is 4.21. The number of benzene rings is 2. The molecule has 3 amide bonds. The fourth-order valence-corrected chi connectivity index (χ4v) is 2.41. The van der Waals surface area contributed by atoms with Crippen LogP contribution in [0.2, 0.25) is 0 Å². The lowest BCUT2D eigenvalue weighted by Gasteiger charge is -2.20. The fourth-order valence-electron chi connectivity index (χ4n) is 2.41. The number of carbonyl (C=O) groups is 3. The molecule has 0 saturated heterocycles. The van der Waals surface area contributed by atoms with Crippen molar-refractivity contribution in [1.82, 2.24) is 5.32 Å². The SMILES string of the molecule is CC(C)(C)OC(=O)Nc1ccc(F)cc1NC(=O)CCNC(=O)c1ccc(F)cc1F. The van der Waals surface area contributed by atoms with E-state index in [0.717, 1.165) is 24.3 Å². The Kier molecular flexibility index (Phi) is 7.62. The van der Waals surface area contributed by atoms with Crippen LogP contribution in [-0.4, -0.2) is 30.1 Å². The van der Waals surface area contributed by atoms with Gasteiger partial charge in [0, 0.05) is 19.0 Å². The number of hydrogen-bond donors (Lipinski definition) is 3. The van der Waals surface area contributed by atoms with E-state index in [9.17, 15) is 27.6 Å². The van der Waals surface area contributed by atoms with Gasteiger partial charge in [-0.25, -0.2) is 18.0 Å². The summed E-state index contributed by atoms with van der Waals surface area (Å²) in [7, 11) is 0. The van der Waals surface area contributed by atoms with Crippen molar-refractivity contribution in [2.75, 3.05) is 17.2 Å². The molecule has 0 fully saturated rings. The van der Waals surface area contributed by atoms with Gasteiger partial charge < -0.3 is 15.4 Å². The van der Waals surface area contributed by atoms with Crippen LogP contribution in [0.15, 0.2) is 36.4 Å². The summed E-state index contributed by atoms with van der Waals surface area (Å²) in [6.45, 7) is 4.86. The summed E-state index contributed by atoms with van der Waals surface area (Å²) in [6.07, 6.45) is -1.01. The second kappa shape index (κ2) is 9.96. The van der Waals surface area contributed by atoms with Gasteiger partial charge in [-0.2, -0.15) is 0 Å². The van der Waals surface area contributed by atoms with Crippen LogP contribution in [-0.2, 0) is 9.53 Å². The maximum absolute atomic E-state index is 13.6. The van der Waals surface area contributed by atoms with Crippen LogP contribution in [0.4, 0.5) is 29.3 Å². The molecule has 2 aromatic rings. The summed E-state index contributed by atoms with van der Waals surface area (Å²) >= 11 is 0. The zero-order valence-electron chi connectivity index (χ0n) is 17.1. The number of hydrogen-bond acceptors (Lipinski definition) is 4. The number of ether oxygens (including phenoxy) is 1. The van der Waals surface area contributed by atoms with E-state index in [1.54, 1.807) is 20.8 Å². The van der Waals surface area contributed by atoms with E-state index in [1.807, 2.05) is 0 Å². The molecular weight excluding hydrogens is 415 g/mol. The molecule has 7 nitrogen and oxygen atoms in total. The molecule has 2 rings (SSSR count). The molecule has 3 N–H and O–H groups in total. The van der Waals surface area contributed by atoms with Crippen LogP contribution < -0.4 is 16.0 Å². The second-order valence-electron chi connectivity index (χ2n) is 7.50. The molecule has 0 aliphatic rings. The summed E-state index contributed by atoms with van der Waals surface area (Å²) < 4.78 is 45.2. The largest absolute Gasteiger partial charge is 0.444 e. The molecular formula is C21H22F3N3O4. The topological polar surface area (TPSA) is 96.5 Å². The van der Waals surface area contributed by atoms with Crippen LogP contribution in [0.1, 0.15) is 37.6 Å². The van der Waals surface area contributed by atoms with Gasteiger partial charge in [0.25, 0.3) is 5.91 Å². The zero-order chi connectivity index (χ0) is 23.2. The molecule has 0 atom stereocenters. The summed E-state index contributed by atoms with van der Waals surface area (Å²) in [5, 5.41) is 7.18. The van der Waals surface area contributed by atoms with Crippen molar-refractivity contribution in [2.45, 2.75) is 32.8 Å². The number of rotatable bonds is 6. The first-order chi connectivity index (χ1) is 14.4. The highest BCUT2D eigenvalue weighted by atomic mass is 19.1. The first-order valence-electron chi connectivity index (χ1n) is 9.27. The van der Waals surface area contributed by atoms with Gasteiger partial charge in [-0.1, -0.05) is 0 Å². The van der Waals surface area contributed by atoms with Crippen LogP contribution in [0.25, 0.3) is 0 Å². The van der Waals surface area contributed by atoms with Gasteiger partial charge in [0.05, 0.1) is 16.9 Å². The molecule has 0 radical (unpaired) electrons. The van der Waals surface area contributed by atoms with E-state index in [0.29, 0.717) is 6.07 Å². The van der Waals surface area contributed by atoms with Crippen LogP contribution in [0, 0.1) is 17.5 Å². The lowest BCUT2D eigenvalue weighted by Crippen LogP contribution is -2.29. The molecule has 0 aliphatic carbocycles. The average molecular weight is 437 g/mol. The van der Waals surface area contributed by atoms with Gasteiger partial charge in [0.1, 0.15) is 23.1 Å². The fraction of sp³-hybridized carbons (Fsp3) is 0.286. The van der Waals surface area contributed by atoms with Crippen LogP contribution in [0.3, 0.4) is 0 Å².